The van der Waals surface area contributed by atoms with Gasteiger partial charge in [-0.3, -0.25) is 19.3 Å². The highest BCUT2D eigenvalue weighted by Gasteiger charge is 2.36. The van der Waals surface area contributed by atoms with Crippen molar-refractivity contribution in [2.75, 3.05) is 19.8 Å². The highest BCUT2D eigenvalue weighted by molar-refractivity contribution is 14.1. The second-order valence-corrected chi connectivity index (χ2v) is 9.46. The average Bonchev–Trinajstić information content (AvgIpc) is 2.98. The quantitative estimate of drug-likeness (QED) is 0.213. The molecule has 162 valence electrons. The number of rotatable bonds is 8. The molecule has 0 aromatic heterocycles. The predicted molar refractivity (Wildman–Crippen MR) is 133 cm³/mol. The van der Waals surface area contributed by atoms with Crippen molar-refractivity contribution in [1.29, 1.82) is 0 Å². The molecule has 1 fully saturated rings. The zero-order valence-corrected chi connectivity index (χ0v) is 21.4. The van der Waals surface area contributed by atoms with Crippen molar-refractivity contribution in [3.63, 3.8) is 0 Å². The fourth-order valence-electron chi connectivity index (χ4n) is 2.88. The number of hydrogen-bond acceptors (Lipinski definition) is 6. The minimum Gasteiger partial charge on any atom is -0.490 e. The fraction of sp³-hybridized carbons (Fsp3) is 0.227. The van der Waals surface area contributed by atoms with Gasteiger partial charge in [0, 0.05) is 10.0 Å². The SMILES string of the molecule is CCOc1cc(/C=C2/SC(=O)N(CC(=O)c3ccc(Br)cc3)C2=O)cc(I)c1OCC. The lowest BCUT2D eigenvalue weighted by Crippen LogP contribution is -2.33. The van der Waals surface area contributed by atoms with Crippen LogP contribution in [0.15, 0.2) is 45.8 Å². The zero-order valence-electron chi connectivity index (χ0n) is 16.8. The Bertz CT molecular complexity index is 1050. The number of nitrogens with zero attached hydrogens (tertiary/aromatic N) is 1. The van der Waals surface area contributed by atoms with Crippen molar-refractivity contribution in [3.05, 3.63) is 60.5 Å². The topological polar surface area (TPSA) is 72.9 Å². The van der Waals surface area contributed by atoms with Crippen LogP contribution in [-0.2, 0) is 4.79 Å². The van der Waals surface area contributed by atoms with E-state index in [4.69, 9.17) is 9.47 Å². The van der Waals surface area contributed by atoms with Gasteiger partial charge in [-0.1, -0.05) is 28.1 Å². The predicted octanol–water partition coefficient (Wildman–Crippen LogP) is 5.77. The minimum absolute atomic E-state index is 0.260. The smallest absolute Gasteiger partial charge is 0.293 e. The number of carbonyl (C=O) groups excluding carboxylic acids is 3. The number of benzene rings is 2. The van der Waals surface area contributed by atoms with E-state index in [0.717, 1.165) is 24.7 Å². The van der Waals surface area contributed by atoms with E-state index in [0.29, 0.717) is 35.8 Å². The van der Waals surface area contributed by atoms with Crippen LogP contribution in [0.1, 0.15) is 29.8 Å². The van der Waals surface area contributed by atoms with E-state index in [-0.39, 0.29) is 17.2 Å². The molecule has 0 unspecified atom stereocenters. The van der Waals surface area contributed by atoms with Crippen molar-refractivity contribution in [1.82, 2.24) is 4.90 Å². The first-order chi connectivity index (χ1) is 14.8. The van der Waals surface area contributed by atoms with Crippen LogP contribution >= 0.6 is 50.3 Å². The van der Waals surface area contributed by atoms with E-state index in [1.54, 1.807) is 36.4 Å². The highest BCUT2D eigenvalue weighted by atomic mass is 127. The molecule has 2 aromatic rings. The number of thioether (sulfide) groups is 1. The minimum atomic E-state index is -0.484. The summed E-state index contributed by atoms with van der Waals surface area (Å²) < 4.78 is 13.0. The molecule has 2 aromatic carbocycles. The first-order valence-electron chi connectivity index (χ1n) is 9.47. The first kappa shape index (κ1) is 23.8. The summed E-state index contributed by atoms with van der Waals surface area (Å²) in [4.78, 5) is 39.0. The lowest BCUT2D eigenvalue weighted by Gasteiger charge is -2.14. The molecule has 0 aliphatic carbocycles. The Morgan fingerprint density at radius 1 is 1.13 bits per heavy atom. The van der Waals surface area contributed by atoms with Gasteiger partial charge in [-0.05, 0) is 84.1 Å². The summed E-state index contributed by atoms with van der Waals surface area (Å²) >= 11 is 6.28. The molecule has 9 heteroatoms. The monoisotopic (exact) mass is 615 g/mol. The van der Waals surface area contributed by atoms with Gasteiger partial charge in [-0.25, -0.2) is 0 Å². The van der Waals surface area contributed by atoms with Crippen LogP contribution in [0.3, 0.4) is 0 Å². The van der Waals surface area contributed by atoms with E-state index < -0.39 is 11.1 Å². The Morgan fingerprint density at radius 2 is 1.81 bits per heavy atom. The van der Waals surface area contributed by atoms with Gasteiger partial charge in [-0.2, -0.15) is 0 Å². The van der Waals surface area contributed by atoms with E-state index >= 15 is 0 Å². The van der Waals surface area contributed by atoms with Gasteiger partial charge in [0.15, 0.2) is 17.3 Å². The fourth-order valence-corrected chi connectivity index (χ4v) is 4.76. The largest absolute Gasteiger partial charge is 0.490 e. The molecular formula is C22H19BrINO5S. The average molecular weight is 616 g/mol. The Kier molecular flexibility index (Phi) is 8.17. The molecule has 1 aliphatic rings. The first-order valence-corrected chi connectivity index (χ1v) is 12.2. The van der Waals surface area contributed by atoms with E-state index in [1.807, 2.05) is 19.9 Å². The van der Waals surface area contributed by atoms with Crippen LogP contribution in [-0.4, -0.2) is 41.6 Å². The number of Topliss-reactive ketones (excluding diaryl/α,β-unsaturated/α-hetero) is 1. The number of imide groups is 1. The molecule has 2 amide bonds. The third-order valence-corrected chi connectivity index (χ3v) is 6.50. The molecule has 3 rings (SSSR count). The molecule has 31 heavy (non-hydrogen) atoms. The van der Waals surface area contributed by atoms with Crippen molar-refractivity contribution >= 4 is 73.3 Å². The molecule has 1 heterocycles. The van der Waals surface area contributed by atoms with Gasteiger partial charge in [0.05, 0.1) is 28.2 Å². The molecule has 0 N–H and O–H groups in total. The van der Waals surface area contributed by atoms with Crippen LogP contribution in [0.25, 0.3) is 6.08 Å². The molecule has 1 aliphatic heterocycles. The van der Waals surface area contributed by atoms with Gasteiger partial charge in [0.2, 0.25) is 0 Å². The molecule has 0 radical (unpaired) electrons. The second-order valence-electron chi connectivity index (χ2n) is 6.39. The number of hydrogen-bond donors (Lipinski definition) is 0. The van der Waals surface area contributed by atoms with Gasteiger partial charge in [0.1, 0.15) is 0 Å². The van der Waals surface area contributed by atoms with Gasteiger partial charge in [0.25, 0.3) is 11.1 Å². The molecule has 6 nitrogen and oxygen atoms in total. The summed E-state index contributed by atoms with van der Waals surface area (Å²) in [5, 5.41) is -0.465. The van der Waals surface area contributed by atoms with Crippen LogP contribution in [0, 0.1) is 3.57 Å². The molecular weight excluding hydrogens is 597 g/mol. The Balaban J connectivity index is 1.82. The van der Waals surface area contributed by atoms with Crippen molar-refractivity contribution < 1.29 is 23.9 Å². The number of amides is 2. The summed E-state index contributed by atoms with van der Waals surface area (Å²) in [6.45, 7) is 4.44. The van der Waals surface area contributed by atoms with Gasteiger partial charge < -0.3 is 9.47 Å². The second kappa shape index (κ2) is 10.6. The zero-order chi connectivity index (χ0) is 22.5. The van der Waals surface area contributed by atoms with Crippen molar-refractivity contribution in [2.24, 2.45) is 0 Å². The summed E-state index contributed by atoms with van der Waals surface area (Å²) in [6, 6.07) is 10.4. The Morgan fingerprint density at radius 3 is 2.45 bits per heavy atom. The van der Waals surface area contributed by atoms with Crippen LogP contribution in [0.5, 0.6) is 11.5 Å². The van der Waals surface area contributed by atoms with Crippen LogP contribution < -0.4 is 9.47 Å². The molecule has 0 atom stereocenters. The summed E-state index contributed by atoms with van der Waals surface area (Å²) in [5.41, 5.74) is 1.15. The van der Waals surface area contributed by atoms with Crippen molar-refractivity contribution in [3.8, 4) is 11.5 Å². The van der Waals surface area contributed by atoms with E-state index in [1.165, 1.54) is 0 Å². The summed E-state index contributed by atoms with van der Waals surface area (Å²) in [6.07, 6.45) is 1.63. The molecule has 1 saturated heterocycles. The third kappa shape index (κ3) is 5.69. The van der Waals surface area contributed by atoms with E-state index in [9.17, 15) is 14.4 Å². The Labute approximate surface area is 206 Å². The highest BCUT2D eigenvalue weighted by Crippen LogP contribution is 2.37. The number of carbonyl (C=O) groups is 3. The van der Waals surface area contributed by atoms with Crippen LogP contribution in [0.4, 0.5) is 4.79 Å². The third-order valence-electron chi connectivity index (χ3n) is 4.26. The van der Waals surface area contributed by atoms with Crippen molar-refractivity contribution in [2.45, 2.75) is 13.8 Å². The maximum Gasteiger partial charge on any atom is 0.293 e. The molecule has 0 bridgehead atoms. The summed E-state index contributed by atoms with van der Waals surface area (Å²) in [7, 11) is 0. The van der Waals surface area contributed by atoms with Gasteiger partial charge >= 0.3 is 0 Å². The standard InChI is InChI=1S/C22H19BrINO5S/c1-3-29-18-10-13(9-16(24)20(18)30-4-2)11-19-21(27)25(22(28)31-19)12-17(26)14-5-7-15(23)8-6-14/h5-11H,3-4,12H2,1-2H3/b19-11+. The maximum atomic E-state index is 12.8. The summed E-state index contributed by atoms with van der Waals surface area (Å²) in [5.74, 6) is 0.440. The van der Waals surface area contributed by atoms with Gasteiger partial charge in [-0.15, -0.1) is 0 Å². The molecule has 0 saturated carbocycles. The Hall–Kier alpha value is -1.85. The number of ether oxygens (including phenoxy) is 2. The number of ketones is 1. The lowest BCUT2D eigenvalue weighted by atomic mass is 10.1. The maximum absolute atomic E-state index is 12.8. The normalized spacial score (nSPS) is 15.0. The van der Waals surface area contributed by atoms with E-state index in [2.05, 4.69) is 38.5 Å². The lowest BCUT2D eigenvalue weighted by molar-refractivity contribution is -0.122. The number of halogens is 2. The van der Waals surface area contributed by atoms with Crippen LogP contribution in [0.2, 0.25) is 0 Å². The molecule has 0 spiro atoms.